The first-order chi connectivity index (χ1) is 28.0. The van der Waals surface area contributed by atoms with Crippen molar-refractivity contribution in [1.29, 1.82) is 0 Å². The third kappa shape index (κ3) is 11.5. The Kier molecular flexibility index (Phi) is 15.7. The zero-order valence-electron chi connectivity index (χ0n) is 35.9. The number of nitrogens with zero attached hydrogens (tertiary/aromatic N) is 2. The van der Waals surface area contributed by atoms with Gasteiger partial charge in [-0.2, -0.15) is 0 Å². The highest BCUT2D eigenvalue weighted by Crippen LogP contribution is 2.44. The average molecular weight is 877 g/mol. The van der Waals surface area contributed by atoms with Crippen molar-refractivity contribution >= 4 is 56.3 Å². The Morgan fingerprint density at radius 3 is 2.38 bits per heavy atom. The second-order valence-electron chi connectivity index (χ2n) is 17.6. The van der Waals surface area contributed by atoms with Crippen molar-refractivity contribution in [1.82, 2.24) is 25.2 Å². The first-order valence-electron chi connectivity index (χ1n) is 20.4. The van der Waals surface area contributed by atoms with Gasteiger partial charge in [-0.1, -0.05) is 50.4 Å². The first kappa shape index (κ1) is 48.3. The van der Waals surface area contributed by atoms with Crippen molar-refractivity contribution in [2.45, 2.75) is 141 Å². The monoisotopic (exact) mass is 875 g/mol. The maximum Gasteiger partial charge on any atom is 0.408 e. The number of carbonyl (C=O) groups is 4. The molecule has 1 unspecified atom stereocenters. The first-order valence-corrected chi connectivity index (χ1v) is 22.3. The van der Waals surface area contributed by atoms with Gasteiger partial charge in [-0.15, -0.1) is 13.2 Å². The summed E-state index contributed by atoms with van der Waals surface area (Å²) in [6, 6.07) is -0.305. The number of aliphatic hydroxyl groups is 1. The van der Waals surface area contributed by atoms with Gasteiger partial charge in [0.05, 0.1) is 29.0 Å². The maximum absolute atomic E-state index is 14.8. The summed E-state index contributed by atoms with van der Waals surface area (Å²) in [6.07, 6.45) is 6.94. The number of hydrogen-bond acceptors (Lipinski definition) is 11. The van der Waals surface area contributed by atoms with Crippen LogP contribution in [-0.4, -0.2) is 94.5 Å². The molecule has 60 heavy (non-hydrogen) atoms. The number of ether oxygens (including phenoxy) is 2. The minimum atomic E-state index is -4.05. The highest BCUT2D eigenvalue weighted by atomic mass is 35.5. The lowest BCUT2D eigenvalue weighted by molar-refractivity contribution is -0.141. The third-order valence-corrected chi connectivity index (χ3v) is 14.0. The number of likely N-dealkylation sites (tertiary alicyclic amines) is 1. The highest BCUT2D eigenvalue weighted by molar-refractivity contribution is 7.91. The van der Waals surface area contributed by atoms with Crippen LogP contribution in [0.15, 0.2) is 37.4 Å². The zero-order valence-corrected chi connectivity index (χ0v) is 37.4. The molecule has 1 saturated heterocycles. The van der Waals surface area contributed by atoms with Crippen LogP contribution in [0.2, 0.25) is 5.02 Å². The number of amides is 4. The number of aliphatic hydroxyl groups excluding tert-OH is 1. The number of fused-ring (bicyclic) bond motifs is 1. The van der Waals surface area contributed by atoms with Gasteiger partial charge in [0, 0.05) is 23.4 Å². The third-order valence-electron chi connectivity index (χ3n) is 11.5. The van der Waals surface area contributed by atoms with E-state index in [1.54, 1.807) is 46.8 Å². The maximum atomic E-state index is 14.8. The fraction of sp³-hybridized carbons (Fsp3) is 0.605. The van der Waals surface area contributed by atoms with E-state index in [1.165, 1.54) is 18.1 Å². The van der Waals surface area contributed by atoms with Crippen molar-refractivity contribution in [3.05, 3.63) is 53.7 Å². The summed E-state index contributed by atoms with van der Waals surface area (Å²) in [5.74, 6) is -2.78. The topological polar surface area (TPSA) is 214 Å². The number of aryl methyl sites for hydroxylation is 1. The second-order valence-corrected chi connectivity index (χ2v) is 20.2. The van der Waals surface area contributed by atoms with E-state index in [2.05, 4.69) is 33.5 Å². The Morgan fingerprint density at radius 2 is 1.80 bits per heavy atom. The molecule has 2 aliphatic rings. The Balaban J connectivity index is 1.73. The van der Waals surface area contributed by atoms with Crippen LogP contribution in [0.4, 0.5) is 4.79 Å². The number of nitrogens with one attached hydrogen (secondary N) is 3. The van der Waals surface area contributed by atoms with Crippen LogP contribution in [-0.2, 0) is 42.2 Å². The zero-order chi connectivity index (χ0) is 44.8. The van der Waals surface area contributed by atoms with E-state index in [1.807, 2.05) is 13.0 Å². The number of hydrogen-bond donors (Lipinski definition) is 5. The van der Waals surface area contributed by atoms with Crippen LogP contribution in [0, 0.1) is 11.3 Å². The minimum absolute atomic E-state index is 0.0289. The molecule has 2 aromatic rings. The number of halogens is 1. The fourth-order valence-electron chi connectivity index (χ4n) is 7.47. The lowest BCUT2D eigenvalue weighted by atomic mass is 9.81. The molecule has 4 amide bonds. The van der Waals surface area contributed by atoms with E-state index in [0.717, 1.165) is 19.3 Å². The molecule has 2 heterocycles. The number of pyridine rings is 1. The molecule has 0 radical (unpaired) electrons. The Hall–Kier alpha value is -4.41. The fourth-order valence-corrected chi connectivity index (χ4v) is 9.10. The quantitative estimate of drug-likeness (QED) is 0.0772. The summed E-state index contributed by atoms with van der Waals surface area (Å²) in [6.45, 7) is 17.2. The lowest BCUT2D eigenvalue weighted by Gasteiger charge is -2.31. The van der Waals surface area contributed by atoms with Gasteiger partial charge in [-0.05, 0) is 96.6 Å². The molecule has 2 fully saturated rings. The minimum Gasteiger partial charge on any atom is -0.506 e. The SMILES string of the molecule is C=CCCCCC[C@H](NC(=O)OC(C)(C)C)C(=O)N1C[C@](C)(CCc2c(O)c(CO)nc3ccc(OC)c(Cl)c23)C[C@H]1C(=O)NC(C(=O)NS(=O)(=O)C1(C)CC1)[C@@H](C)C=C. The number of unbranched alkanes of at least 4 members (excludes halogenated alkanes) is 3. The molecule has 0 spiro atoms. The van der Waals surface area contributed by atoms with E-state index in [4.69, 9.17) is 21.1 Å². The summed E-state index contributed by atoms with van der Waals surface area (Å²) in [4.78, 5) is 61.8. The summed E-state index contributed by atoms with van der Waals surface area (Å²) in [5, 5.41) is 27.5. The largest absolute Gasteiger partial charge is 0.506 e. The smallest absolute Gasteiger partial charge is 0.408 e. The van der Waals surface area contributed by atoms with E-state index >= 15 is 0 Å². The second kappa shape index (κ2) is 19.5. The van der Waals surface area contributed by atoms with Crippen molar-refractivity contribution in [3.63, 3.8) is 0 Å². The van der Waals surface area contributed by atoms with Crippen LogP contribution in [0.3, 0.4) is 0 Å². The number of carbonyl (C=O) groups excluding carboxylic acids is 4. The Labute approximate surface area is 358 Å². The molecular formula is C43H62ClN5O10S. The van der Waals surface area contributed by atoms with Crippen LogP contribution in [0.25, 0.3) is 10.9 Å². The van der Waals surface area contributed by atoms with Gasteiger partial charge >= 0.3 is 6.09 Å². The Bertz CT molecular complexity index is 2070. The van der Waals surface area contributed by atoms with Crippen LogP contribution in [0.1, 0.15) is 111 Å². The molecule has 5 atom stereocenters. The lowest BCUT2D eigenvalue weighted by Crippen LogP contribution is -2.58. The molecule has 332 valence electrons. The number of sulfonamides is 1. The number of aromatic nitrogens is 1. The van der Waals surface area contributed by atoms with Gasteiger partial charge in [0.25, 0.3) is 5.91 Å². The van der Waals surface area contributed by atoms with Gasteiger partial charge in [-0.3, -0.25) is 19.1 Å². The van der Waals surface area contributed by atoms with Crippen LogP contribution in [0.5, 0.6) is 11.5 Å². The number of benzene rings is 1. The van der Waals surface area contributed by atoms with Crippen molar-refractivity contribution < 1.29 is 47.3 Å². The molecule has 4 rings (SSSR count). The molecule has 1 aromatic heterocycles. The van der Waals surface area contributed by atoms with E-state index in [-0.39, 0.29) is 42.3 Å². The molecule has 5 N–H and O–H groups in total. The molecule has 1 aromatic carbocycles. The van der Waals surface area contributed by atoms with Crippen LogP contribution < -0.4 is 20.1 Å². The van der Waals surface area contributed by atoms with Crippen molar-refractivity contribution in [3.8, 4) is 11.5 Å². The number of allylic oxidation sites excluding steroid dienone is 1. The summed E-state index contributed by atoms with van der Waals surface area (Å²) >= 11 is 6.77. The summed E-state index contributed by atoms with van der Waals surface area (Å²) < 4.78 is 38.2. The van der Waals surface area contributed by atoms with Crippen LogP contribution >= 0.6 is 11.6 Å². The Morgan fingerprint density at radius 1 is 1.12 bits per heavy atom. The molecule has 1 aliphatic carbocycles. The number of alkyl carbamates (subject to hydrolysis) is 1. The van der Waals surface area contributed by atoms with Crippen molar-refractivity contribution in [2.24, 2.45) is 11.3 Å². The highest BCUT2D eigenvalue weighted by Gasteiger charge is 2.52. The number of methoxy groups -OCH3 is 1. The molecular weight excluding hydrogens is 814 g/mol. The van der Waals surface area contributed by atoms with Gasteiger partial charge in [0.1, 0.15) is 40.9 Å². The normalized spacial score (nSPS) is 20.1. The van der Waals surface area contributed by atoms with E-state index < -0.39 is 80.3 Å². The molecule has 1 aliphatic heterocycles. The van der Waals surface area contributed by atoms with Gasteiger partial charge in [-0.25, -0.2) is 18.2 Å². The average Bonchev–Trinajstić information content (AvgIpc) is 3.85. The van der Waals surface area contributed by atoms with E-state index in [9.17, 15) is 37.8 Å². The van der Waals surface area contributed by atoms with Gasteiger partial charge < -0.3 is 35.2 Å². The van der Waals surface area contributed by atoms with Gasteiger partial charge in [0.2, 0.25) is 21.8 Å². The molecule has 0 bridgehead atoms. The summed E-state index contributed by atoms with van der Waals surface area (Å²) in [7, 11) is -2.59. The van der Waals surface area contributed by atoms with Crippen molar-refractivity contribution in [2.75, 3.05) is 13.7 Å². The predicted octanol–water partition coefficient (Wildman–Crippen LogP) is 5.97. The predicted molar refractivity (Wildman–Crippen MR) is 230 cm³/mol. The van der Waals surface area contributed by atoms with Gasteiger partial charge in [0.15, 0.2) is 0 Å². The number of rotatable bonds is 20. The standard InChI is InChI=1S/C43H62ClN5O10S/c1-10-12-13-14-15-16-29(46-40(55)59-41(4,5)6)39(54)49-25-42(7,20-19-27-33-28(45-30(24-50)36(27)51)17-18-32(58-9)34(33)44)23-31(49)37(52)47-35(26(3)11-2)38(53)48-60(56,57)43(8)21-22-43/h10-11,17-18,26,29,31,35,50-51H,1-2,12-16,19-25H2,3-9H3,(H,46,55)(H,47,52)(H,48,53)/t26-,29-,31-,35?,42+/m0/s1. The van der Waals surface area contributed by atoms with E-state index in [0.29, 0.717) is 47.9 Å². The number of aromatic hydroxyl groups is 1. The molecule has 17 heteroatoms. The molecule has 15 nitrogen and oxygen atoms in total. The summed E-state index contributed by atoms with van der Waals surface area (Å²) in [5.41, 5.74) is -0.802. The molecule has 1 saturated carbocycles.